The average molecular weight is 253 g/mol. The predicted molar refractivity (Wildman–Crippen MR) is 66.4 cm³/mol. The third-order valence-corrected chi connectivity index (χ3v) is 3.65. The monoisotopic (exact) mass is 253 g/mol. The van der Waals surface area contributed by atoms with E-state index in [4.69, 9.17) is 5.11 Å². The van der Waals surface area contributed by atoms with Crippen molar-refractivity contribution in [1.29, 1.82) is 0 Å². The van der Waals surface area contributed by atoms with E-state index in [-0.39, 0.29) is 5.92 Å². The zero-order valence-corrected chi connectivity index (χ0v) is 10.5. The van der Waals surface area contributed by atoms with Gasteiger partial charge in [-0.1, -0.05) is 0 Å². The summed E-state index contributed by atoms with van der Waals surface area (Å²) in [6.45, 7) is 1.50. The molecule has 17 heavy (non-hydrogen) atoms. The van der Waals surface area contributed by atoms with E-state index in [0.717, 1.165) is 23.9 Å². The first-order valence-corrected chi connectivity index (χ1v) is 6.77. The van der Waals surface area contributed by atoms with Gasteiger partial charge in [0.25, 0.3) is 0 Å². The smallest absolute Gasteiger partial charge is 0.306 e. The third kappa shape index (κ3) is 2.88. The summed E-state index contributed by atoms with van der Waals surface area (Å²) in [7, 11) is 0. The number of piperidine rings is 1. The van der Waals surface area contributed by atoms with Gasteiger partial charge in [-0.3, -0.25) is 4.79 Å². The van der Waals surface area contributed by atoms with Gasteiger partial charge in [0, 0.05) is 19.2 Å². The quantitative estimate of drug-likeness (QED) is 0.650. The molecule has 0 aliphatic carbocycles. The van der Waals surface area contributed by atoms with Crippen molar-refractivity contribution in [2.24, 2.45) is 5.92 Å². The highest BCUT2D eigenvalue weighted by molar-refractivity contribution is 7.98. The lowest BCUT2D eigenvalue weighted by molar-refractivity contribution is -0.142. The summed E-state index contributed by atoms with van der Waals surface area (Å²) in [5.41, 5.74) is 0. The van der Waals surface area contributed by atoms with Crippen LogP contribution in [0.15, 0.2) is 17.4 Å². The van der Waals surface area contributed by atoms with Crippen LogP contribution in [0.2, 0.25) is 0 Å². The Morgan fingerprint density at radius 2 is 2.18 bits per heavy atom. The molecule has 0 saturated carbocycles. The molecule has 5 nitrogen and oxygen atoms in total. The van der Waals surface area contributed by atoms with Gasteiger partial charge in [0.15, 0.2) is 0 Å². The number of carboxylic acids is 1. The van der Waals surface area contributed by atoms with Crippen molar-refractivity contribution in [2.45, 2.75) is 17.9 Å². The van der Waals surface area contributed by atoms with Crippen molar-refractivity contribution in [2.75, 3.05) is 24.2 Å². The minimum Gasteiger partial charge on any atom is -0.481 e. The lowest BCUT2D eigenvalue weighted by atomic mass is 9.97. The Kier molecular flexibility index (Phi) is 3.83. The van der Waals surface area contributed by atoms with Crippen molar-refractivity contribution >= 4 is 23.5 Å². The number of nitrogens with zero attached hydrogens (tertiary/aromatic N) is 3. The second kappa shape index (κ2) is 5.35. The number of aliphatic carboxylic acids is 1. The molecular formula is C11H15N3O2S. The topological polar surface area (TPSA) is 66.3 Å². The Morgan fingerprint density at radius 1 is 1.47 bits per heavy atom. The minimum atomic E-state index is -0.683. The second-order valence-electron chi connectivity index (χ2n) is 4.02. The Hall–Kier alpha value is -1.30. The second-order valence-corrected chi connectivity index (χ2v) is 4.84. The van der Waals surface area contributed by atoms with Gasteiger partial charge in [-0.05, 0) is 19.1 Å². The van der Waals surface area contributed by atoms with E-state index >= 15 is 0 Å². The Morgan fingerprint density at radius 3 is 2.76 bits per heavy atom. The largest absolute Gasteiger partial charge is 0.481 e. The molecule has 1 aliphatic rings. The molecule has 6 heteroatoms. The predicted octanol–water partition coefficient (Wildman–Crippen LogP) is 1.50. The fraction of sp³-hybridized carbons (Fsp3) is 0.545. The van der Waals surface area contributed by atoms with E-state index in [1.54, 1.807) is 18.1 Å². The van der Waals surface area contributed by atoms with Gasteiger partial charge < -0.3 is 10.0 Å². The number of thioether (sulfide) groups is 1. The summed E-state index contributed by atoms with van der Waals surface area (Å²) in [5, 5.41) is 9.87. The standard InChI is InChI=1S/C11H15N3O2S/c1-17-10-6-9(12-7-13-10)14-4-2-8(3-5-14)11(15)16/h6-8H,2-5H2,1H3,(H,15,16). The van der Waals surface area contributed by atoms with E-state index in [0.29, 0.717) is 12.8 Å². The van der Waals surface area contributed by atoms with Crippen LogP contribution in [0.25, 0.3) is 0 Å². The van der Waals surface area contributed by atoms with Crippen LogP contribution in [-0.4, -0.2) is 40.4 Å². The first kappa shape index (κ1) is 12.2. The summed E-state index contributed by atoms with van der Waals surface area (Å²) in [4.78, 5) is 21.3. The van der Waals surface area contributed by atoms with Gasteiger partial charge >= 0.3 is 5.97 Å². The highest BCUT2D eigenvalue weighted by atomic mass is 32.2. The van der Waals surface area contributed by atoms with Gasteiger partial charge in [0.2, 0.25) is 0 Å². The molecule has 2 heterocycles. The molecule has 1 aromatic rings. The molecule has 0 radical (unpaired) electrons. The van der Waals surface area contributed by atoms with Gasteiger partial charge in [0.05, 0.1) is 5.92 Å². The molecule has 92 valence electrons. The molecule has 0 atom stereocenters. The van der Waals surface area contributed by atoms with Crippen LogP contribution in [0.5, 0.6) is 0 Å². The van der Waals surface area contributed by atoms with Crippen LogP contribution in [0.3, 0.4) is 0 Å². The van der Waals surface area contributed by atoms with Gasteiger partial charge in [-0.25, -0.2) is 9.97 Å². The van der Waals surface area contributed by atoms with E-state index in [1.165, 1.54) is 0 Å². The summed E-state index contributed by atoms with van der Waals surface area (Å²) < 4.78 is 0. The molecule has 0 aromatic carbocycles. The summed E-state index contributed by atoms with van der Waals surface area (Å²) in [6.07, 6.45) is 4.91. The molecule has 0 bridgehead atoms. The highest BCUT2D eigenvalue weighted by Gasteiger charge is 2.25. The van der Waals surface area contributed by atoms with Crippen molar-refractivity contribution in [3.63, 3.8) is 0 Å². The van der Waals surface area contributed by atoms with Gasteiger partial charge in [-0.2, -0.15) is 0 Å². The number of hydrogen-bond acceptors (Lipinski definition) is 5. The molecule has 0 spiro atoms. The van der Waals surface area contributed by atoms with Crippen LogP contribution < -0.4 is 4.90 Å². The number of hydrogen-bond donors (Lipinski definition) is 1. The number of rotatable bonds is 3. The molecule has 1 saturated heterocycles. The van der Waals surface area contributed by atoms with E-state index < -0.39 is 5.97 Å². The fourth-order valence-corrected chi connectivity index (χ4v) is 2.35. The Bertz CT molecular complexity index is 405. The Balaban J connectivity index is 2.02. The van der Waals surface area contributed by atoms with Gasteiger partial charge in [0.1, 0.15) is 17.2 Å². The summed E-state index contributed by atoms with van der Waals surface area (Å²) in [5.74, 6) is 0.0124. The van der Waals surface area contributed by atoms with Crippen molar-refractivity contribution in [3.05, 3.63) is 12.4 Å². The average Bonchev–Trinajstić information content (AvgIpc) is 2.39. The highest BCUT2D eigenvalue weighted by Crippen LogP contribution is 2.23. The number of anilines is 1. The molecule has 1 aromatic heterocycles. The van der Waals surface area contributed by atoms with Crippen LogP contribution >= 0.6 is 11.8 Å². The van der Waals surface area contributed by atoms with E-state index in [1.807, 2.05) is 12.3 Å². The maximum atomic E-state index is 10.9. The Labute approximate surface area is 104 Å². The van der Waals surface area contributed by atoms with Crippen LogP contribution in [0.1, 0.15) is 12.8 Å². The van der Waals surface area contributed by atoms with Crippen LogP contribution in [0, 0.1) is 5.92 Å². The third-order valence-electron chi connectivity index (χ3n) is 3.00. The number of carbonyl (C=O) groups is 1. The molecule has 1 fully saturated rings. The van der Waals surface area contributed by atoms with Gasteiger partial charge in [-0.15, -0.1) is 11.8 Å². The summed E-state index contributed by atoms with van der Waals surface area (Å²) >= 11 is 1.58. The molecule has 1 aliphatic heterocycles. The normalized spacial score (nSPS) is 17.1. The van der Waals surface area contributed by atoms with E-state index in [2.05, 4.69) is 14.9 Å². The lowest BCUT2D eigenvalue weighted by Gasteiger charge is -2.30. The molecular weight excluding hydrogens is 238 g/mol. The maximum absolute atomic E-state index is 10.9. The molecule has 0 amide bonds. The maximum Gasteiger partial charge on any atom is 0.306 e. The number of carboxylic acid groups (broad SMARTS) is 1. The lowest BCUT2D eigenvalue weighted by Crippen LogP contribution is -2.36. The first-order valence-electron chi connectivity index (χ1n) is 5.54. The zero-order chi connectivity index (χ0) is 12.3. The zero-order valence-electron chi connectivity index (χ0n) is 9.67. The molecule has 1 N–H and O–H groups in total. The van der Waals surface area contributed by atoms with Crippen molar-refractivity contribution in [3.8, 4) is 0 Å². The number of aromatic nitrogens is 2. The SMILES string of the molecule is CSc1cc(N2CCC(C(=O)O)CC2)ncn1. The van der Waals surface area contributed by atoms with Crippen LogP contribution in [-0.2, 0) is 4.79 Å². The van der Waals surface area contributed by atoms with E-state index in [9.17, 15) is 4.79 Å². The molecule has 0 unspecified atom stereocenters. The minimum absolute atomic E-state index is 0.201. The van der Waals surface area contributed by atoms with Crippen molar-refractivity contribution < 1.29 is 9.90 Å². The molecule has 2 rings (SSSR count). The van der Waals surface area contributed by atoms with Crippen molar-refractivity contribution in [1.82, 2.24) is 9.97 Å². The first-order chi connectivity index (χ1) is 8.20. The fourth-order valence-electron chi connectivity index (χ4n) is 1.97. The summed E-state index contributed by atoms with van der Waals surface area (Å²) in [6, 6.07) is 1.95. The van der Waals surface area contributed by atoms with Crippen LogP contribution in [0.4, 0.5) is 5.82 Å².